The second kappa shape index (κ2) is 5.87. The molecule has 1 saturated heterocycles. The summed E-state index contributed by atoms with van der Waals surface area (Å²) in [5, 5.41) is 4.44. The Morgan fingerprint density at radius 2 is 1.95 bits per heavy atom. The first-order valence-corrected chi connectivity index (χ1v) is 7.38. The van der Waals surface area contributed by atoms with Crippen molar-refractivity contribution in [1.29, 1.82) is 0 Å². The summed E-state index contributed by atoms with van der Waals surface area (Å²) in [6, 6.07) is -0.363. The molecule has 1 unspecified atom stereocenters. The second-order valence-corrected chi connectivity index (χ2v) is 5.79. The number of likely N-dealkylation sites (N-methyl/N-ethyl adjacent to an activating group) is 1. The number of rotatable bonds is 3. The molecule has 0 radical (unpaired) electrons. The maximum absolute atomic E-state index is 12.4. The Hall–Kier alpha value is -1.85. The zero-order chi connectivity index (χ0) is 15.7. The zero-order valence-corrected chi connectivity index (χ0v) is 13.5. The molecule has 2 amide bonds. The molecule has 1 aromatic heterocycles. The van der Waals surface area contributed by atoms with E-state index in [2.05, 4.69) is 5.10 Å². The minimum Gasteiger partial charge on any atom is -0.342 e. The van der Waals surface area contributed by atoms with E-state index in [9.17, 15) is 9.59 Å². The van der Waals surface area contributed by atoms with Crippen molar-refractivity contribution in [1.82, 2.24) is 19.6 Å². The first-order chi connectivity index (χ1) is 9.82. The molecular weight excluding hydrogens is 268 g/mol. The fourth-order valence-corrected chi connectivity index (χ4v) is 2.70. The Morgan fingerprint density at radius 1 is 1.29 bits per heavy atom. The largest absolute Gasteiger partial charge is 0.342 e. The molecule has 0 saturated carbocycles. The standard InChI is InChI=1S/C15H24N4O2/c1-10-11(2)16-19(12(10)3)7-6-14(20)18-9-8-17(5)15(21)13(18)4/h13H,6-9H2,1-5H3. The quantitative estimate of drug-likeness (QED) is 0.831. The molecule has 2 heterocycles. The van der Waals surface area contributed by atoms with Crippen LogP contribution in [0.2, 0.25) is 0 Å². The molecule has 0 bridgehead atoms. The van der Waals surface area contributed by atoms with Gasteiger partial charge in [0, 0.05) is 38.8 Å². The normalized spacial score (nSPS) is 19.3. The van der Waals surface area contributed by atoms with Crippen molar-refractivity contribution in [3.63, 3.8) is 0 Å². The molecule has 1 aliphatic heterocycles. The predicted octanol–water partition coefficient (Wildman–Crippen LogP) is 0.888. The molecule has 6 nitrogen and oxygen atoms in total. The second-order valence-electron chi connectivity index (χ2n) is 5.79. The SMILES string of the molecule is Cc1nn(CCC(=O)N2CCN(C)C(=O)C2C)c(C)c1C. The Morgan fingerprint density at radius 3 is 2.52 bits per heavy atom. The Kier molecular flexibility index (Phi) is 4.34. The van der Waals surface area contributed by atoms with Gasteiger partial charge in [0.05, 0.1) is 5.69 Å². The summed E-state index contributed by atoms with van der Waals surface area (Å²) in [7, 11) is 1.78. The van der Waals surface area contributed by atoms with E-state index in [-0.39, 0.29) is 17.9 Å². The number of amides is 2. The van der Waals surface area contributed by atoms with Crippen molar-refractivity contribution in [3.05, 3.63) is 17.0 Å². The highest BCUT2D eigenvalue weighted by Gasteiger charge is 2.32. The van der Waals surface area contributed by atoms with Gasteiger partial charge in [-0.05, 0) is 33.3 Å². The van der Waals surface area contributed by atoms with Gasteiger partial charge in [-0.15, -0.1) is 0 Å². The molecular formula is C15H24N4O2. The third kappa shape index (κ3) is 2.94. The highest BCUT2D eigenvalue weighted by atomic mass is 16.2. The van der Waals surface area contributed by atoms with Crippen LogP contribution >= 0.6 is 0 Å². The van der Waals surface area contributed by atoms with Gasteiger partial charge in [0.25, 0.3) is 0 Å². The number of hydrogen-bond donors (Lipinski definition) is 0. The molecule has 0 spiro atoms. The van der Waals surface area contributed by atoms with Crippen LogP contribution in [-0.4, -0.2) is 57.6 Å². The lowest BCUT2D eigenvalue weighted by molar-refractivity contribution is -0.149. The minimum absolute atomic E-state index is 0.0107. The van der Waals surface area contributed by atoms with Crippen molar-refractivity contribution in [2.45, 2.75) is 46.7 Å². The molecule has 2 rings (SSSR count). The summed E-state index contributed by atoms with van der Waals surface area (Å²) in [5.41, 5.74) is 3.27. The zero-order valence-electron chi connectivity index (χ0n) is 13.5. The number of hydrogen-bond acceptors (Lipinski definition) is 3. The first-order valence-electron chi connectivity index (χ1n) is 7.38. The smallest absolute Gasteiger partial charge is 0.244 e. The van der Waals surface area contributed by atoms with Gasteiger partial charge in [-0.2, -0.15) is 5.10 Å². The Labute approximate surface area is 125 Å². The van der Waals surface area contributed by atoms with E-state index in [0.717, 1.165) is 11.4 Å². The lowest BCUT2D eigenvalue weighted by Crippen LogP contribution is -2.56. The molecule has 0 N–H and O–H groups in total. The molecule has 1 atom stereocenters. The van der Waals surface area contributed by atoms with Crippen molar-refractivity contribution >= 4 is 11.8 Å². The van der Waals surface area contributed by atoms with Crippen LogP contribution in [0.25, 0.3) is 0 Å². The van der Waals surface area contributed by atoms with Crippen molar-refractivity contribution in [2.24, 2.45) is 0 Å². The number of carbonyl (C=O) groups excluding carboxylic acids is 2. The van der Waals surface area contributed by atoms with Gasteiger partial charge in [0.1, 0.15) is 6.04 Å². The van der Waals surface area contributed by atoms with Gasteiger partial charge in [0.15, 0.2) is 0 Å². The van der Waals surface area contributed by atoms with Crippen molar-refractivity contribution < 1.29 is 9.59 Å². The summed E-state index contributed by atoms with van der Waals surface area (Å²) < 4.78 is 1.88. The molecule has 0 aromatic carbocycles. The van der Waals surface area contributed by atoms with Gasteiger partial charge < -0.3 is 9.80 Å². The van der Waals surface area contributed by atoms with E-state index in [1.807, 2.05) is 25.5 Å². The number of aromatic nitrogens is 2. The van der Waals surface area contributed by atoms with E-state index in [1.54, 1.807) is 23.8 Å². The monoisotopic (exact) mass is 292 g/mol. The third-order valence-corrected chi connectivity index (χ3v) is 4.48. The van der Waals surface area contributed by atoms with Crippen LogP contribution in [0.4, 0.5) is 0 Å². The van der Waals surface area contributed by atoms with Crippen LogP contribution in [0, 0.1) is 20.8 Å². The average Bonchev–Trinajstić information content (AvgIpc) is 2.69. The molecule has 116 valence electrons. The van der Waals surface area contributed by atoms with Gasteiger partial charge in [0.2, 0.25) is 11.8 Å². The third-order valence-electron chi connectivity index (χ3n) is 4.48. The Bertz CT molecular complexity index is 564. The number of piperazine rings is 1. The molecule has 1 fully saturated rings. The summed E-state index contributed by atoms with van der Waals surface area (Å²) in [5.74, 6) is 0.0331. The van der Waals surface area contributed by atoms with Crippen LogP contribution in [-0.2, 0) is 16.1 Å². The van der Waals surface area contributed by atoms with Gasteiger partial charge in [-0.1, -0.05) is 0 Å². The van der Waals surface area contributed by atoms with E-state index in [1.165, 1.54) is 5.56 Å². The molecule has 0 aliphatic carbocycles. The van der Waals surface area contributed by atoms with E-state index < -0.39 is 0 Å². The van der Waals surface area contributed by atoms with Crippen molar-refractivity contribution in [3.8, 4) is 0 Å². The predicted molar refractivity (Wildman–Crippen MR) is 79.9 cm³/mol. The number of nitrogens with zero attached hydrogens (tertiary/aromatic N) is 4. The number of aryl methyl sites for hydroxylation is 2. The van der Waals surface area contributed by atoms with E-state index in [4.69, 9.17) is 0 Å². The minimum atomic E-state index is -0.363. The topological polar surface area (TPSA) is 58.4 Å². The van der Waals surface area contributed by atoms with Crippen LogP contribution in [0.3, 0.4) is 0 Å². The lowest BCUT2D eigenvalue weighted by atomic mass is 10.1. The van der Waals surface area contributed by atoms with E-state index >= 15 is 0 Å². The number of carbonyl (C=O) groups is 2. The van der Waals surface area contributed by atoms with Crippen LogP contribution in [0.15, 0.2) is 0 Å². The average molecular weight is 292 g/mol. The molecule has 21 heavy (non-hydrogen) atoms. The van der Waals surface area contributed by atoms with Gasteiger partial charge in [-0.3, -0.25) is 14.3 Å². The highest BCUT2D eigenvalue weighted by molar-refractivity contribution is 5.88. The summed E-state index contributed by atoms with van der Waals surface area (Å²) >= 11 is 0. The fourth-order valence-electron chi connectivity index (χ4n) is 2.70. The van der Waals surface area contributed by atoms with E-state index in [0.29, 0.717) is 26.1 Å². The fraction of sp³-hybridized carbons (Fsp3) is 0.667. The van der Waals surface area contributed by atoms with Crippen LogP contribution in [0.5, 0.6) is 0 Å². The molecule has 1 aliphatic rings. The maximum atomic E-state index is 12.4. The van der Waals surface area contributed by atoms with Crippen LogP contribution < -0.4 is 0 Å². The molecule has 1 aromatic rings. The van der Waals surface area contributed by atoms with Crippen molar-refractivity contribution in [2.75, 3.05) is 20.1 Å². The van der Waals surface area contributed by atoms with Gasteiger partial charge in [-0.25, -0.2) is 0 Å². The molecule has 6 heteroatoms. The first kappa shape index (κ1) is 15.5. The Balaban J connectivity index is 1.99. The maximum Gasteiger partial charge on any atom is 0.244 e. The lowest BCUT2D eigenvalue weighted by Gasteiger charge is -2.37. The van der Waals surface area contributed by atoms with Crippen LogP contribution in [0.1, 0.15) is 30.3 Å². The summed E-state index contributed by atoms with van der Waals surface area (Å²) in [6.07, 6.45) is 0.378. The highest BCUT2D eigenvalue weighted by Crippen LogP contribution is 2.14. The summed E-state index contributed by atoms with van der Waals surface area (Å²) in [4.78, 5) is 27.6. The summed E-state index contributed by atoms with van der Waals surface area (Å²) in [6.45, 7) is 9.60. The van der Waals surface area contributed by atoms with Gasteiger partial charge >= 0.3 is 0 Å².